The summed E-state index contributed by atoms with van der Waals surface area (Å²) in [5, 5.41) is 2.99. The predicted molar refractivity (Wildman–Crippen MR) is 117 cm³/mol. The standard InChI is InChI=1S/C24H31N3O2/c1-18(2)17-27-21-13-8-7-12-20(21)26-23(27)15-5-4-10-16-25-24(28)19-11-6-9-14-22(19)29-3/h6-9,11-14,18H,4-5,10,15-17H2,1-3H3,(H,25,28). The van der Waals surface area contributed by atoms with Gasteiger partial charge in [-0.05, 0) is 43.0 Å². The predicted octanol–water partition coefficient (Wildman–Crippen LogP) is 4.84. The van der Waals surface area contributed by atoms with Crippen molar-refractivity contribution >= 4 is 16.9 Å². The second kappa shape index (κ2) is 10.1. The van der Waals surface area contributed by atoms with E-state index in [1.807, 2.05) is 18.2 Å². The topological polar surface area (TPSA) is 56.1 Å². The van der Waals surface area contributed by atoms with E-state index in [2.05, 4.69) is 41.9 Å². The van der Waals surface area contributed by atoms with Crippen LogP contribution in [0.1, 0.15) is 49.3 Å². The molecule has 1 heterocycles. The Morgan fingerprint density at radius 3 is 2.62 bits per heavy atom. The lowest BCUT2D eigenvalue weighted by Gasteiger charge is -2.12. The molecule has 154 valence electrons. The Kier molecular flexibility index (Phi) is 7.28. The summed E-state index contributed by atoms with van der Waals surface area (Å²) in [6.45, 7) is 6.13. The van der Waals surface area contributed by atoms with E-state index in [4.69, 9.17) is 9.72 Å². The molecule has 3 rings (SSSR count). The molecule has 2 aromatic carbocycles. The number of imidazole rings is 1. The molecule has 0 radical (unpaired) electrons. The van der Waals surface area contributed by atoms with Crippen LogP contribution in [0.25, 0.3) is 11.0 Å². The molecule has 0 bridgehead atoms. The molecule has 1 amide bonds. The highest BCUT2D eigenvalue weighted by atomic mass is 16.5. The fourth-order valence-corrected chi connectivity index (χ4v) is 3.60. The van der Waals surface area contributed by atoms with Crippen LogP contribution in [-0.4, -0.2) is 29.1 Å². The Balaban J connectivity index is 1.48. The molecular formula is C24H31N3O2. The first-order valence-corrected chi connectivity index (χ1v) is 10.5. The molecule has 29 heavy (non-hydrogen) atoms. The first-order chi connectivity index (χ1) is 14.1. The number of aromatic nitrogens is 2. The zero-order valence-electron chi connectivity index (χ0n) is 17.6. The van der Waals surface area contributed by atoms with E-state index in [1.165, 1.54) is 5.52 Å². The first-order valence-electron chi connectivity index (χ1n) is 10.5. The van der Waals surface area contributed by atoms with E-state index in [1.54, 1.807) is 19.2 Å². The van der Waals surface area contributed by atoms with Crippen molar-refractivity contribution in [3.8, 4) is 5.75 Å². The highest BCUT2D eigenvalue weighted by molar-refractivity contribution is 5.96. The van der Waals surface area contributed by atoms with Gasteiger partial charge in [0.2, 0.25) is 0 Å². The lowest BCUT2D eigenvalue weighted by atomic mass is 10.1. The number of hydrogen-bond donors (Lipinski definition) is 1. The van der Waals surface area contributed by atoms with Crippen LogP contribution in [0.2, 0.25) is 0 Å². The third-order valence-corrected chi connectivity index (χ3v) is 5.00. The van der Waals surface area contributed by atoms with Crippen LogP contribution in [0, 0.1) is 5.92 Å². The molecule has 0 saturated heterocycles. The Hall–Kier alpha value is -2.82. The highest BCUT2D eigenvalue weighted by Crippen LogP contribution is 2.20. The third kappa shape index (κ3) is 5.37. The van der Waals surface area contributed by atoms with E-state index in [9.17, 15) is 4.79 Å². The summed E-state index contributed by atoms with van der Waals surface area (Å²) in [4.78, 5) is 17.2. The zero-order valence-corrected chi connectivity index (χ0v) is 17.6. The van der Waals surface area contributed by atoms with Crippen LogP contribution < -0.4 is 10.1 Å². The van der Waals surface area contributed by atoms with Gasteiger partial charge in [0.05, 0.1) is 23.7 Å². The van der Waals surface area contributed by atoms with Crippen molar-refractivity contribution < 1.29 is 9.53 Å². The monoisotopic (exact) mass is 393 g/mol. The van der Waals surface area contributed by atoms with Crippen molar-refractivity contribution in [3.63, 3.8) is 0 Å². The summed E-state index contributed by atoms with van der Waals surface area (Å²) in [5.74, 6) is 2.27. The van der Waals surface area contributed by atoms with Gasteiger partial charge in [-0.1, -0.05) is 44.5 Å². The largest absolute Gasteiger partial charge is 0.496 e. The number of nitrogens with zero attached hydrogens (tertiary/aromatic N) is 2. The van der Waals surface area contributed by atoms with Gasteiger partial charge in [-0.3, -0.25) is 4.79 Å². The van der Waals surface area contributed by atoms with Gasteiger partial charge in [-0.15, -0.1) is 0 Å². The summed E-state index contributed by atoms with van der Waals surface area (Å²) < 4.78 is 7.62. The smallest absolute Gasteiger partial charge is 0.255 e. The molecule has 0 fully saturated rings. The summed E-state index contributed by atoms with van der Waals surface area (Å²) in [7, 11) is 1.58. The molecule has 3 aromatic rings. The number of nitrogens with one attached hydrogen (secondary N) is 1. The quantitative estimate of drug-likeness (QED) is 0.501. The Morgan fingerprint density at radius 1 is 1.07 bits per heavy atom. The maximum Gasteiger partial charge on any atom is 0.255 e. The minimum atomic E-state index is -0.0822. The van der Waals surface area contributed by atoms with Crippen molar-refractivity contribution in [3.05, 3.63) is 59.9 Å². The number of fused-ring (bicyclic) bond motifs is 1. The molecule has 0 aliphatic rings. The molecule has 5 nitrogen and oxygen atoms in total. The van der Waals surface area contributed by atoms with Crippen molar-refractivity contribution in [1.29, 1.82) is 0 Å². The van der Waals surface area contributed by atoms with Crippen LogP contribution in [0.15, 0.2) is 48.5 Å². The third-order valence-electron chi connectivity index (χ3n) is 5.00. The number of carbonyl (C=O) groups excluding carboxylic acids is 1. The summed E-state index contributed by atoms with van der Waals surface area (Å²) >= 11 is 0. The van der Waals surface area contributed by atoms with Gasteiger partial charge in [0, 0.05) is 19.5 Å². The second-order valence-electron chi connectivity index (χ2n) is 7.79. The van der Waals surface area contributed by atoms with Crippen molar-refractivity contribution in [1.82, 2.24) is 14.9 Å². The molecule has 0 atom stereocenters. The van der Waals surface area contributed by atoms with Crippen LogP contribution in [0.4, 0.5) is 0 Å². The van der Waals surface area contributed by atoms with Gasteiger partial charge >= 0.3 is 0 Å². The van der Waals surface area contributed by atoms with Crippen LogP contribution in [0.3, 0.4) is 0 Å². The molecule has 0 aliphatic heterocycles. The summed E-state index contributed by atoms with van der Waals surface area (Å²) in [6, 6.07) is 15.7. The van der Waals surface area contributed by atoms with E-state index in [-0.39, 0.29) is 5.91 Å². The van der Waals surface area contributed by atoms with Gasteiger partial charge in [-0.2, -0.15) is 0 Å². The zero-order chi connectivity index (χ0) is 20.6. The Morgan fingerprint density at radius 2 is 1.83 bits per heavy atom. The molecule has 0 spiro atoms. The normalized spacial score (nSPS) is 11.2. The summed E-state index contributed by atoms with van der Waals surface area (Å²) in [6.07, 6.45) is 4.02. The van der Waals surface area contributed by atoms with Gasteiger partial charge in [0.1, 0.15) is 11.6 Å². The van der Waals surface area contributed by atoms with Gasteiger partial charge in [0.25, 0.3) is 5.91 Å². The average molecular weight is 394 g/mol. The van der Waals surface area contributed by atoms with E-state index < -0.39 is 0 Å². The number of para-hydroxylation sites is 3. The average Bonchev–Trinajstić information content (AvgIpc) is 3.07. The molecule has 0 saturated carbocycles. The minimum Gasteiger partial charge on any atom is -0.496 e. The fraction of sp³-hybridized carbons (Fsp3) is 0.417. The lowest BCUT2D eigenvalue weighted by Crippen LogP contribution is -2.24. The Labute approximate surface area is 173 Å². The Bertz CT molecular complexity index is 946. The number of ether oxygens (including phenoxy) is 1. The van der Waals surface area contributed by atoms with Crippen LogP contribution in [-0.2, 0) is 13.0 Å². The highest BCUT2D eigenvalue weighted by Gasteiger charge is 2.12. The second-order valence-corrected chi connectivity index (χ2v) is 7.79. The van der Waals surface area contributed by atoms with Crippen molar-refractivity contribution in [2.45, 2.75) is 46.1 Å². The van der Waals surface area contributed by atoms with Gasteiger partial charge in [-0.25, -0.2) is 4.98 Å². The number of aryl methyl sites for hydroxylation is 1. The lowest BCUT2D eigenvalue weighted by molar-refractivity contribution is 0.0950. The van der Waals surface area contributed by atoms with Crippen LogP contribution in [0.5, 0.6) is 5.75 Å². The number of unbranched alkanes of at least 4 members (excludes halogenated alkanes) is 2. The van der Waals surface area contributed by atoms with Crippen LogP contribution >= 0.6 is 0 Å². The minimum absolute atomic E-state index is 0.0822. The van der Waals surface area contributed by atoms with E-state index in [0.717, 1.165) is 43.6 Å². The van der Waals surface area contributed by atoms with Gasteiger partial charge < -0.3 is 14.6 Å². The fourth-order valence-electron chi connectivity index (χ4n) is 3.60. The maximum atomic E-state index is 12.3. The van der Waals surface area contributed by atoms with Crippen molar-refractivity contribution in [2.75, 3.05) is 13.7 Å². The SMILES string of the molecule is COc1ccccc1C(=O)NCCCCCc1nc2ccccc2n1CC(C)C. The van der Waals surface area contributed by atoms with E-state index >= 15 is 0 Å². The molecule has 1 N–H and O–H groups in total. The number of rotatable bonds is 10. The summed E-state index contributed by atoms with van der Waals surface area (Å²) in [5.41, 5.74) is 2.88. The van der Waals surface area contributed by atoms with Gasteiger partial charge in [0.15, 0.2) is 0 Å². The number of carbonyl (C=O) groups is 1. The maximum absolute atomic E-state index is 12.3. The molecular weight excluding hydrogens is 362 g/mol. The first kappa shape index (κ1) is 20.9. The number of methoxy groups -OCH3 is 1. The number of amides is 1. The number of hydrogen-bond acceptors (Lipinski definition) is 3. The van der Waals surface area contributed by atoms with Crippen molar-refractivity contribution in [2.24, 2.45) is 5.92 Å². The molecule has 5 heteroatoms. The molecule has 0 aliphatic carbocycles. The van der Waals surface area contributed by atoms with E-state index in [0.29, 0.717) is 23.8 Å². The molecule has 1 aromatic heterocycles. The number of benzene rings is 2. The molecule has 0 unspecified atom stereocenters.